The van der Waals surface area contributed by atoms with Crippen molar-refractivity contribution in [1.82, 2.24) is 5.32 Å². The molecule has 0 heterocycles. The van der Waals surface area contributed by atoms with Crippen LogP contribution >= 0.6 is 0 Å². The number of hydrogen-bond acceptors (Lipinski definition) is 2. The Morgan fingerprint density at radius 3 is 2.65 bits per heavy atom. The van der Waals surface area contributed by atoms with E-state index in [2.05, 4.69) is 17.3 Å². The SMILES string of the molecule is CN(CC1CCCC1)c1ccc(F)cc1CNC1CC1. The van der Waals surface area contributed by atoms with Gasteiger partial charge in [0, 0.05) is 31.9 Å². The molecule has 0 saturated heterocycles. The number of halogens is 1. The minimum atomic E-state index is -0.129. The molecule has 0 radical (unpaired) electrons. The van der Waals surface area contributed by atoms with Gasteiger partial charge in [-0.25, -0.2) is 4.39 Å². The highest BCUT2D eigenvalue weighted by Gasteiger charge is 2.22. The summed E-state index contributed by atoms with van der Waals surface area (Å²) in [6.07, 6.45) is 7.98. The van der Waals surface area contributed by atoms with Crippen molar-refractivity contribution >= 4 is 5.69 Å². The molecule has 0 atom stereocenters. The van der Waals surface area contributed by atoms with Crippen molar-refractivity contribution in [3.8, 4) is 0 Å². The van der Waals surface area contributed by atoms with Crippen molar-refractivity contribution < 1.29 is 4.39 Å². The molecule has 1 aromatic carbocycles. The van der Waals surface area contributed by atoms with Gasteiger partial charge in [0.05, 0.1) is 0 Å². The topological polar surface area (TPSA) is 15.3 Å². The normalized spacial score (nSPS) is 19.5. The summed E-state index contributed by atoms with van der Waals surface area (Å²) in [5, 5.41) is 3.50. The molecule has 1 aromatic rings. The highest BCUT2D eigenvalue weighted by molar-refractivity contribution is 5.53. The minimum absolute atomic E-state index is 0.129. The van der Waals surface area contributed by atoms with Crippen molar-refractivity contribution in [1.29, 1.82) is 0 Å². The zero-order chi connectivity index (χ0) is 13.9. The van der Waals surface area contributed by atoms with Gasteiger partial charge in [0.25, 0.3) is 0 Å². The molecule has 3 rings (SSSR count). The largest absolute Gasteiger partial charge is 0.374 e. The van der Waals surface area contributed by atoms with Crippen LogP contribution in [0.3, 0.4) is 0 Å². The molecule has 20 heavy (non-hydrogen) atoms. The third-order valence-corrected chi connectivity index (χ3v) is 4.62. The number of nitrogens with zero attached hydrogens (tertiary/aromatic N) is 1. The lowest BCUT2D eigenvalue weighted by Crippen LogP contribution is -2.26. The number of benzene rings is 1. The molecule has 0 spiro atoms. The fourth-order valence-corrected chi connectivity index (χ4v) is 3.29. The third kappa shape index (κ3) is 3.51. The lowest BCUT2D eigenvalue weighted by atomic mass is 10.1. The number of hydrogen-bond donors (Lipinski definition) is 1. The van der Waals surface area contributed by atoms with Crippen LogP contribution in [-0.2, 0) is 6.54 Å². The molecule has 2 aliphatic rings. The molecular weight excluding hydrogens is 251 g/mol. The Bertz CT molecular complexity index is 450. The second kappa shape index (κ2) is 6.13. The molecule has 0 aromatic heterocycles. The Hall–Kier alpha value is -1.09. The summed E-state index contributed by atoms with van der Waals surface area (Å²) in [7, 11) is 2.15. The van der Waals surface area contributed by atoms with E-state index < -0.39 is 0 Å². The number of nitrogens with one attached hydrogen (secondary N) is 1. The van der Waals surface area contributed by atoms with Crippen LogP contribution in [0, 0.1) is 11.7 Å². The van der Waals surface area contributed by atoms with Crippen molar-refractivity contribution in [3.05, 3.63) is 29.6 Å². The Morgan fingerprint density at radius 2 is 1.95 bits per heavy atom. The minimum Gasteiger partial charge on any atom is -0.374 e. The predicted molar refractivity (Wildman–Crippen MR) is 81.5 cm³/mol. The van der Waals surface area contributed by atoms with Crippen LogP contribution in [-0.4, -0.2) is 19.6 Å². The summed E-state index contributed by atoms with van der Waals surface area (Å²) in [5.74, 6) is 0.685. The van der Waals surface area contributed by atoms with E-state index in [1.807, 2.05) is 6.07 Å². The first-order valence-corrected chi connectivity index (χ1v) is 7.95. The fourth-order valence-electron chi connectivity index (χ4n) is 3.29. The van der Waals surface area contributed by atoms with E-state index in [1.165, 1.54) is 44.2 Å². The van der Waals surface area contributed by atoms with E-state index in [0.29, 0.717) is 6.04 Å². The van der Waals surface area contributed by atoms with E-state index in [1.54, 1.807) is 12.1 Å². The van der Waals surface area contributed by atoms with Gasteiger partial charge in [-0.2, -0.15) is 0 Å². The highest BCUT2D eigenvalue weighted by Crippen LogP contribution is 2.29. The Morgan fingerprint density at radius 1 is 1.20 bits per heavy atom. The number of rotatable bonds is 6. The molecule has 0 amide bonds. The average molecular weight is 276 g/mol. The predicted octanol–water partition coefficient (Wildman–Crippen LogP) is 3.70. The lowest BCUT2D eigenvalue weighted by molar-refractivity contribution is 0.545. The van der Waals surface area contributed by atoms with Gasteiger partial charge in [-0.3, -0.25) is 0 Å². The maximum absolute atomic E-state index is 13.5. The van der Waals surface area contributed by atoms with Crippen LogP contribution in [0.15, 0.2) is 18.2 Å². The molecule has 2 aliphatic carbocycles. The molecule has 0 bridgehead atoms. The third-order valence-electron chi connectivity index (χ3n) is 4.62. The molecule has 3 heteroatoms. The Balaban J connectivity index is 1.68. The lowest BCUT2D eigenvalue weighted by Gasteiger charge is -2.25. The fraction of sp³-hybridized carbons (Fsp3) is 0.647. The van der Waals surface area contributed by atoms with E-state index in [9.17, 15) is 4.39 Å². The summed E-state index contributed by atoms with van der Waals surface area (Å²) in [4.78, 5) is 2.32. The van der Waals surface area contributed by atoms with Crippen molar-refractivity contribution in [2.24, 2.45) is 5.92 Å². The van der Waals surface area contributed by atoms with E-state index in [0.717, 1.165) is 24.6 Å². The van der Waals surface area contributed by atoms with Gasteiger partial charge < -0.3 is 10.2 Å². The second-order valence-electron chi connectivity index (χ2n) is 6.46. The first-order chi connectivity index (χ1) is 9.72. The van der Waals surface area contributed by atoms with Crippen molar-refractivity contribution in [3.63, 3.8) is 0 Å². The van der Waals surface area contributed by atoms with Gasteiger partial charge in [0.15, 0.2) is 0 Å². The zero-order valence-electron chi connectivity index (χ0n) is 12.4. The summed E-state index contributed by atoms with van der Waals surface area (Å²) in [6.45, 7) is 1.88. The van der Waals surface area contributed by atoms with Crippen LogP contribution in [0.5, 0.6) is 0 Å². The van der Waals surface area contributed by atoms with Gasteiger partial charge in [0.1, 0.15) is 5.82 Å². The molecule has 0 unspecified atom stereocenters. The van der Waals surface area contributed by atoms with Crippen molar-refractivity contribution in [2.75, 3.05) is 18.5 Å². The summed E-state index contributed by atoms with van der Waals surface area (Å²) in [6, 6.07) is 5.87. The summed E-state index contributed by atoms with van der Waals surface area (Å²) >= 11 is 0. The molecule has 110 valence electrons. The summed E-state index contributed by atoms with van der Waals surface area (Å²) in [5.41, 5.74) is 2.28. The van der Waals surface area contributed by atoms with Crippen LogP contribution in [0.2, 0.25) is 0 Å². The van der Waals surface area contributed by atoms with Crippen LogP contribution < -0.4 is 10.2 Å². The highest BCUT2D eigenvalue weighted by atomic mass is 19.1. The van der Waals surface area contributed by atoms with Gasteiger partial charge in [-0.15, -0.1) is 0 Å². The molecular formula is C17H25FN2. The van der Waals surface area contributed by atoms with E-state index in [4.69, 9.17) is 0 Å². The van der Waals surface area contributed by atoms with Gasteiger partial charge in [-0.1, -0.05) is 12.8 Å². The Kier molecular flexibility index (Phi) is 4.25. The quantitative estimate of drug-likeness (QED) is 0.852. The van der Waals surface area contributed by atoms with E-state index >= 15 is 0 Å². The molecule has 2 fully saturated rings. The van der Waals surface area contributed by atoms with Crippen molar-refractivity contribution in [2.45, 2.75) is 51.1 Å². The monoisotopic (exact) mass is 276 g/mol. The van der Waals surface area contributed by atoms with Gasteiger partial charge in [0.2, 0.25) is 0 Å². The van der Waals surface area contributed by atoms with E-state index in [-0.39, 0.29) is 5.82 Å². The second-order valence-corrected chi connectivity index (χ2v) is 6.46. The van der Waals surface area contributed by atoms with Gasteiger partial charge in [-0.05, 0) is 55.4 Å². The van der Waals surface area contributed by atoms with Crippen LogP contribution in [0.4, 0.5) is 10.1 Å². The molecule has 2 saturated carbocycles. The maximum atomic E-state index is 13.5. The summed E-state index contributed by atoms with van der Waals surface area (Å²) < 4.78 is 13.5. The maximum Gasteiger partial charge on any atom is 0.123 e. The zero-order valence-corrected chi connectivity index (χ0v) is 12.4. The average Bonchev–Trinajstić information content (AvgIpc) is 3.13. The standard InChI is InChI=1S/C17H25FN2/c1-20(12-13-4-2-3-5-13)17-9-6-15(18)10-14(17)11-19-16-7-8-16/h6,9-10,13,16,19H,2-5,7-8,11-12H2,1H3. The van der Waals surface area contributed by atoms with Crippen LogP contribution in [0.25, 0.3) is 0 Å². The first-order valence-electron chi connectivity index (χ1n) is 7.95. The molecule has 2 nitrogen and oxygen atoms in total. The smallest absolute Gasteiger partial charge is 0.123 e. The number of anilines is 1. The van der Waals surface area contributed by atoms with Crippen LogP contribution in [0.1, 0.15) is 44.1 Å². The Labute approximate surface area is 121 Å². The first kappa shape index (κ1) is 13.9. The molecule has 1 N–H and O–H groups in total. The van der Waals surface area contributed by atoms with Gasteiger partial charge >= 0.3 is 0 Å². The molecule has 0 aliphatic heterocycles.